The number of hydrogen-bond acceptors (Lipinski definition) is 4. The summed E-state index contributed by atoms with van der Waals surface area (Å²) in [7, 11) is 1.51. The number of anilines is 1. The van der Waals surface area contributed by atoms with Crippen LogP contribution in [-0.2, 0) is 20.9 Å². The molecule has 2 heterocycles. The molecule has 0 fully saturated rings. The molecule has 1 unspecified atom stereocenters. The van der Waals surface area contributed by atoms with Gasteiger partial charge in [0.05, 0.1) is 6.42 Å². The number of carboxylic acids is 1. The van der Waals surface area contributed by atoms with Crippen LogP contribution in [0.2, 0.25) is 0 Å². The number of urea groups is 1. The minimum absolute atomic E-state index is 0.143. The maximum atomic E-state index is 13.2. The first kappa shape index (κ1) is 23.7. The van der Waals surface area contributed by atoms with Crippen LogP contribution >= 0.6 is 0 Å². The molecular formula is C26H26N4O5. The Labute approximate surface area is 202 Å². The molecular weight excluding hydrogens is 448 g/mol. The quantitative estimate of drug-likeness (QED) is 0.511. The number of carbonyl (C=O) groups is 4. The fraction of sp³-hybridized carbons (Fsp3) is 0.231. The van der Waals surface area contributed by atoms with Crippen LogP contribution in [0.15, 0.2) is 67.0 Å². The third kappa shape index (κ3) is 4.79. The Morgan fingerprint density at radius 3 is 2.60 bits per heavy atom. The van der Waals surface area contributed by atoms with Gasteiger partial charge in [-0.1, -0.05) is 24.3 Å². The van der Waals surface area contributed by atoms with Gasteiger partial charge in [0.15, 0.2) is 11.8 Å². The van der Waals surface area contributed by atoms with Gasteiger partial charge in [0, 0.05) is 49.8 Å². The van der Waals surface area contributed by atoms with Crippen molar-refractivity contribution < 1.29 is 24.3 Å². The molecule has 0 bridgehead atoms. The van der Waals surface area contributed by atoms with Crippen LogP contribution in [0, 0.1) is 0 Å². The molecule has 4 rings (SSSR count). The van der Waals surface area contributed by atoms with E-state index in [0.717, 1.165) is 33.5 Å². The predicted molar refractivity (Wildman–Crippen MR) is 132 cm³/mol. The van der Waals surface area contributed by atoms with Crippen LogP contribution in [0.3, 0.4) is 0 Å². The number of nitrogens with one attached hydrogen (secondary N) is 1. The first-order valence-corrected chi connectivity index (χ1v) is 11.3. The molecule has 2 aromatic carbocycles. The van der Waals surface area contributed by atoms with Crippen LogP contribution in [0.5, 0.6) is 0 Å². The number of fused-ring (bicyclic) bond motifs is 1. The fourth-order valence-electron chi connectivity index (χ4n) is 4.12. The Morgan fingerprint density at radius 2 is 1.86 bits per heavy atom. The number of rotatable bonds is 7. The van der Waals surface area contributed by atoms with E-state index in [1.54, 1.807) is 18.2 Å². The molecule has 1 aliphatic rings. The minimum Gasteiger partial charge on any atom is -0.481 e. The number of ketones is 1. The SMILES string of the molecule is CCn1ccc2ccc(-c3cccc(N(C(=O)NCCC(=O)O)C4C(=O)C=CN(C)C4=O)c3)cc21. The molecule has 1 aromatic heterocycles. The van der Waals surface area contributed by atoms with E-state index in [2.05, 4.69) is 22.9 Å². The highest BCUT2D eigenvalue weighted by atomic mass is 16.4. The lowest BCUT2D eigenvalue weighted by Crippen LogP contribution is -2.57. The van der Waals surface area contributed by atoms with Crippen LogP contribution < -0.4 is 10.2 Å². The van der Waals surface area contributed by atoms with Crippen LogP contribution in [-0.4, -0.2) is 57.9 Å². The van der Waals surface area contributed by atoms with Crippen LogP contribution in [0.4, 0.5) is 10.5 Å². The summed E-state index contributed by atoms with van der Waals surface area (Å²) in [6.07, 6.45) is 4.35. The Kier molecular flexibility index (Phi) is 6.68. The standard InChI is InChI=1S/C26H26N4O5/c1-3-29-14-10-17-7-8-19(16-21(17)29)18-5-4-6-20(15-18)30(26(35)27-12-9-23(32)33)24-22(31)11-13-28(2)25(24)34/h4-8,10-11,13-16,24H,3,9,12H2,1-2H3,(H,27,35)(H,32,33). The van der Waals surface area contributed by atoms with Crippen molar-refractivity contribution in [2.75, 3.05) is 18.5 Å². The maximum absolute atomic E-state index is 13.2. The van der Waals surface area contributed by atoms with E-state index in [4.69, 9.17) is 5.11 Å². The van der Waals surface area contributed by atoms with Gasteiger partial charge in [-0.25, -0.2) is 4.79 Å². The Bertz CT molecular complexity index is 1340. The molecule has 0 aliphatic carbocycles. The maximum Gasteiger partial charge on any atom is 0.323 e. The Morgan fingerprint density at radius 1 is 1.09 bits per heavy atom. The molecule has 0 saturated heterocycles. The van der Waals surface area contributed by atoms with E-state index in [-0.39, 0.29) is 13.0 Å². The van der Waals surface area contributed by atoms with Crippen molar-refractivity contribution in [2.45, 2.75) is 25.9 Å². The largest absolute Gasteiger partial charge is 0.481 e. The first-order chi connectivity index (χ1) is 16.8. The first-order valence-electron chi connectivity index (χ1n) is 11.3. The summed E-state index contributed by atoms with van der Waals surface area (Å²) in [6, 6.07) is 13.0. The van der Waals surface area contributed by atoms with Crippen molar-refractivity contribution in [3.05, 3.63) is 67.0 Å². The van der Waals surface area contributed by atoms with Gasteiger partial charge in [-0.05, 0) is 47.7 Å². The Hall–Kier alpha value is -4.40. The van der Waals surface area contributed by atoms with Crippen molar-refractivity contribution in [2.24, 2.45) is 0 Å². The Balaban J connectivity index is 1.75. The predicted octanol–water partition coefficient (Wildman–Crippen LogP) is 3.24. The lowest BCUT2D eigenvalue weighted by molar-refractivity contribution is -0.137. The highest BCUT2D eigenvalue weighted by Crippen LogP contribution is 2.30. The average molecular weight is 475 g/mol. The number of aromatic nitrogens is 1. The van der Waals surface area contributed by atoms with Gasteiger partial charge in [0.25, 0.3) is 5.91 Å². The van der Waals surface area contributed by atoms with Crippen molar-refractivity contribution in [3.8, 4) is 11.1 Å². The van der Waals surface area contributed by atoms with E-state index in [1.165, 1.54) is 24.2 Å². The molecule has 180 valence electrons. The van der Waals surface area contributed by atoms with E-state index < -0.39 is 29.7 Å². The summed E-state index contributed by atoms with van der Waals surface area (Å²) in [4.78, 5) is 52.1. The normalized spacial score (nSPS) is 15.5. The van der Waals surface area contributed by atoms with Gasteiger partial charge < -0.3 is 19.9 Å². The zero-order chi connectivity index (χ0) is 25.1. The van der Waals surface area contributed by atoms with E-state index >= 15 is 0 Å². The van der Waals surface area contributed by atoms with Crippen molar-refractivity contribution in [1.82, 2.24) is 14.8 Å². The fourth-order valence-corrected chi connectivity index (χ4v) is 4.12. The lowest BCUT2D eigenvalue weighted by atomic mass is 10.0. The topological polar surface area (TPSA) is 112 Å². The summed E-state index contributed by atoms with van der Waals surface area (Å²) in [5.41, 5.74) is 3.13. The van der Waals surface area contributed by atoms with E-state index in [1.807, 2.05) is 30.5 Å². The molecule has 0 spiro atoms. The van der Waals surface area contributed by atoms with Crippen molar-refractivity contribution >= 4 is 40.3 Å². The zero-order valence-electron chi connectivity index (χ0n) is 19.5. The second-order valence-corrected chi connectivity index (χ2v) is 8.24. The monoisotopic (exact) mass is 474 g/mol. The summed E-state index contributed by atoms with van der Waals surface area (Å²) < 4.78 is 2.13. The summed E-state index contributed by atoms with van der Waals surface area (Å²) in [5.74, 6) is -2.16. The number of aryl methyl sites for hydroxylation is 1. The number of carbonyl (C=O) groups excluding carboxylic acids is 3. The molecule has 1 aliphatic heterocycles. The van der Waals surface area contributed by atoms with Crippen LogP contribution in [0.25, 0.3) is 22.0 Å². The third-order valence-electron chi connectivity index (χ3n) is 5.98. The van der Waals surface area contributed by atoms with Gasteiger partial charge in [0.1, 0.15) is 0 Å². The molecule has 3 aromatic rings. The number of carboxylic acid groups (broad SMARTS) is 1. The van der Waals surface area contributed by atoms with E-state index in [9.17, 15) is 19.2 Å². The molecule has 9 heteroatoms. The molecule has 0 radical (unpaired) electrons. The van der Waals surface area contributed by atoms with Crippen LogP contribution in [0.1, 0.15) is 13.3 Å². The second-order valence-electron chi connectivity index (χ2n) is 8.24. The van der Waals surface area contributed by atoms with E-state index in [0.29, 0.717) is 5.69 Å². The molecule has 35 heavy (non-hydrogen) atoms. The summed E-state index contributed by atoms with van der Waals surface area (Å²) >= 11 is 0. The van der Waals surface area contributed by atoms with Crippen molar-refractivity contribution in [1.29, 1.82) is 0 Å². The molecule has 0 saturated carbocycles. The van der Waals surface area contributed by atoms with Gasteiger partial charge in [-0.3, -0.25) is 19.3 Å². The minimum atomic E-state index is -1.40. The molecule has 1 atom stereocenters. The highest BCUT2D eigenvalue weighted by Gasteiger charge is 2.39. The van der Waals surface area contributed by atoms with Crippen molar-refractivity contribution in [3.63, 3.8) is 0 Å². The van der Waals surface area contributed by atoms with Gasteiger partial charge >= 0.3 is 12.0 Å². The van der Waals surface area contributed by atoms with Gasteiger partial charge in [0.2, 0.25) is 0 Å². The average Bonchev–Trinajstić information content (AvgIpc) is 3.26. The zero-order valence-corrected chi connectivity index (χ0v) is 19.5. The summed E-state index contributed by atoms with van der Waals surface area (Å²) in [6.45, 7) is 2.75. The number of amides is 3. The lowest BCUT2D eigenvalue weighted by Gasteiger charge is -2.33. The number of benzene rings is 2. The smallest absolute Gasteiger partial charge is 0.323 e. The molecule has 3 amide bonds. The highest BCUT2D eigenvalue weighted by molar-refractivity contribution is 6.19. The number of hydrogen-bond donors (Lipinski definition) is 2. The summed E-state index contributed by atoms with van der Waals surface area (Å²) in [5, 5.41) is 12.5. The number of aliphatic carboxylic acids is 1. The van der Waals surface area contributed by atoms with Gasteiger partial charge in [-0.15, -0.1) is 0 Å². The number of nitrogens with zero attached hydrogens (tertiary/aromatic N) is 3. The molecule has 2 N–H and O–H groups in total. The molecule has 9 nitrogen and oxygen atoms in total. The third-order valence-corrected chi connectivity index (χ3v) is 5.98. The number of likely N-dealkylation sites (N-methyl/N-ethyl adjacent to an activating group) is 1. The van der Waals surface area contributed by atoms with Gasteiger partial charge in [-0.2, -0.15) is 0 Å². The second kappa shape index (κ2) is 9.84.